The number of rotatable bonds is 6. The fraction of sp³-hybridized carbons (Fsp3) is 0.368. The van der Waals surface area contributed by atoms with Crippen LogP contribution >= 0.6 is 11.6 Å². The molecule has 0 saturated carbocycles. The molecule has 0 spiro atoms. The van der Waals surface area contributed by atoms with Crippen molar-refractivity contribution in [2.45, 2.75) is 25.2 Å². The van der Waals surface area contributed by atoms with Crippen molar-refractivity contribution in [1.29, 1.82) is 0 Å². The highest BCUT2D eigenvalue weighted by molar-refractivity contribution is 6.30. The van der Waals surface area contributed by atoms with E-state index in [9.17, 15) is 10.1 Å². The van der Waals surface area contributed by atoms with Gasteiger partial charge < -0.3 is 14.8 Å². The zero-order valence-corrected chi connectivity index (χ0v) is 15.2. The number of nitrogens with one attached hydrogen (secondary N) is 1. The molecule has 7 heteroatoms. The molecule has 0 aromatic heterocycles. The number of halogens is 1. The number of benzene rings is 2. The highest BCUT2D eigenvalue weighted by Crippen LogP contribution is 2.36. The van der Waals surface area contributed by atoms with Crippen LogP contribution in [0.5, 0.6) is 0 Å². The summed E-state index contributed by atoms with van der Waals surface area (Å²) in [6.45, 7) is 0.666. The molecular formula is C19H21ClN2O4. The van der Waals surface area contributed by atoms with Crippen molar-refractivity contribution in [2.24, 2.45) is 5.92 Å². The molecule has 26 heavy (non-hydrogen) atoms. The van der Waals surface area contributed by atoms with E-state index in [1.165, 1.54) is 12.1 Å². The fourth-order valence-corrected chi connectivity index (χ4v) is 3.47. The van der Waals surface area contributed by atoms with Crippen LogP contribution in [0.4, 0.5) is 11.4 Å². The molecule has 0 bridgehead atoms. The Morgan fingerprint density at radius 3 is 2.77 bits per heavy atom. The summed E-state index contributed by atoms with van der Waals surface area (Å²) in [6, 6.07) is 14.0. The maximum absolute atomic E-state index is 11.1. The molecule has 1 saturated heterocycles. The van der Waals surface area contributed by atoms with Crippen molar-refractivity contribution >= 4 is 23.0 Å². The van der Waals surface area contributed by atoms with Gasteiger partial charge in [-0.25, -0.2) is 0 Å². The van der Waals surface area contributed by atoms with Gasteiger partial charge in [-0.15, -0.1) is 0 Å². The third-order valence-corrected chi connectivity index (χ3v) is 4.83. The largest absolute Gasteiger partial charge is 0.378 e. The Kier molecular flexibility index (Phi) is 6.08. The van der Waals surface area contributed by atoms with Gasteiger partial charge in [-0.1, -0.05) is 29.8 Å². The van der Waals surface area contributed by atoms with Crippen molar-refractivity contribution in [3.05, 3.63) is 69.2 Å². The van der Waals surface area contributed by atoms with Crippen LogP contribution < -0.4 is 5.32 Å². The van der Waals surface area contributed by atoms with Crippen LogP contribution in [0.25, 0.3) is 0 Å². The lowest BCUT2D eigenvalue weighted by atomic mass is 9.87. The number of nitro groups is 1. The van der Waals surface area contributed by atoms with E-state index in [-0.39, 0.29) is 23.9 Å². The molecule has 3 rings (SSSR count). The first kappa shape index (κ1) is 18.6. The molecule has 0 aliphatic carbocycles. The zero-order chi connectivity index (χ0) is 18.5. The normalized spacial score (nSPS) is 21.2. The van der Waals surface area contributed by atoms with Crippen molar-refractivity contribution < 1.29 is 14.4 Å². The standard InChI is InChI=1S/C19H21ClN2O4/c1-25-19-17(6-3-11-26-19)18(13-7-9-14(20)10-8-13)21-15-4-2-5-16(12-15)22(23)24/h2,4-5,7-10,12,17-19,21H,3,6,11H2,1H3/t17-,18-,19+/m0/s1. The second-order valence-corrected chi connectivity index (χ2v) is 6.70. The Morgan fingerprint density at radius 2 is 2.08 bits per heavy atom. The third-order valence-electron chi connectivity index (χ3n) is 4.58. The monoisotopic (exact) mass is 376 g/mol. The number of nitro benzene ring substituents is 1. The van der Waals surface area contributed by atoms with Gasteiger partial charge in [-0.05, 0) is 36.6 Å². The van der Waals surface area contributed by atoms with E-state index in [0.717, 1.165) is 18.4 Å². The summed E-state index contributed by atoms with van der Waals surface area (Å²) in [7, 11) is 1.63. The van der Waals surface area contributed by atoms with Gasteiger partial charge in [0, 0.05) is 42.5 Å². The molecule has 6 nitrogen and oxygen atoms in total. The predicted octanol–water partition coefficient (Wildman–Crippen LogP) is 4.80. The maximum Gasteiger partial charge on any atom is 0.271 e. The molecule has 138 valence electrons. The van der Waals surface area contributed by atoms with Crippen LogP contribution in [0.3, 0.4) is 0 Å². The van der Waals surface area contributed by atoms with Crippen molar-refractivity contribution in [3.8, 4) is 0 Å². The minimum atomic E-state index is -0.399. The number of anilines is 1. The highest BCUT2D eigenvalue weighted by atomic mass is 35.5. The summed E-state index contributed by atoms with van der Waals surface area (Å²) in [5, 5.41) is 15.2. The topological polar surface area (TPSA) is 73.6 Å². The minimum Gasteiger partial charge on any atom is -0.378 e. The average Bonchev–Trinajstić information content (AvgIpc) is 2.67. The highest BCUT2D eigenvalue weighted by Gasteiger charge is 2.34. The number of nitrogens with zero attached hydrogens (tertiary/aromatic N) is 1. The van der Waals surface area contributed by atoms with E-state index in [1.807, 2.05) is 30.3 Å². The number of non-ortho nitro benzene ring substituents is 1. The summed E-state index contributed by atoms with van der Waals surface area (Å²) in [4.78, 5) is 10.7. The summed E-state index contributed by atoms with van der Waals surface area (Å²) in [6.07, 6.45) is 1.52. The van der Waals surface area contributed by atoms with Crippen molar-refractivity contribution in [1.82, 2.24) is 0 Å². The molecule has 1 heterocycles. The van der Waals surface area contributed by atoms with Gasteiger partial charge >= 0.3 is 0 Å². The lowest BCUT2D eigenvalue weighted by Gasteiger charge is -2.37. The van der Waals surface area contributed by atoms with Crippen LogP contribution in [-0.4, -0.2) is 24.9 Å². The van der Waals surface area contributed by atoms with Crippen LogP contribution in [0, 0.1) is 16.0 Å². The summed E-state index contributed by atoms with van der Waals surface area (Å²) in [5.74, 6) is 0.0641. The first-order valence-corrected chi connectivity index (χ1v) is 8.87. The van der Waals surface area contributed by atoms with Crippen molar-refractivity contribution in [3.63, 3.8) is 0 Å². The molecule has 1 aliphatic heterocycles. The maximum atomic E-state index is 11.1. The van der Waals surface area contributed by atoms with Crippen LogP contribution in [0.1, 0.15) is 24.4 Å². The quantitative estimate of drug-likeness (QED) is 0.579. The molecule has 0 amide bonds. The van der Waals surface area contributed by atoms with E-state index in [2.05, 4.69) is 5.32 Å². The number of ether oxygens (including phenoxy) is 2. The first-order valence-electron chi connectivity index (χ1n) is 8.49. The first-order chi connectivity index (χ1) is 12.6. The summed E-state index contributed by atoms with van der Waals surface area (Å²) in [5.41, 5.74) is 1.76. The average molecular weight is 377 g/mol. The van der Waals surface area contributed by atoms with Gasteiger partial charge in [-0.2, -0.15) is 0 Å². The van der Waals surface area contributed by atoms with Gasteiger partial charge in [0.15, 0.2) is 6.29 Å². The predicted molar refractivity (Wildman–Crippen MR) is 100 cm³/mol. The lowest BCUT2D eigenvalue weighted by molar-refractivity contribution is -0.384. The Bertz CT molecular complexity index is 753. The van der Waals surface area contributed by atoms with Gasteiger partial charge in [-0.3, -0.25) is 10.1 Å². The number of hydrogen-bond acceptors (Lipinski definition) is 5. The van der Waals surface area contributed by atoms with Crippen LogP contribution in [-0.2, 0) is 9.47 Å². The van der Waals surface area contributed by atoms with E-state index >= 15 is 0 Å². The molecule has 2 aromatic carbocycles. The molecule has 0 radical (unpaired) electrons. The van der Waals surface area contributed by atoms with Gasteiger partial charge in [0.05, 0.1) is 11.0 Å². The van der Waals surface area contributed by atoms with E-state index in [1.54, 1.807) is 13.2 Å². The Balaban J connectivity index is 1.93. The minimum absolute atomic E-state index is 0.0491. The fourth-order valence-electron chi connectivity index (χ4n) is 3.34. The van der Waals surface area contributed by atoms with Gasteiger partial charge in [0.1, 0.15) is 0 Å². The smallest absolute Gasteiger partial charge is 0.271 e. The summed E-state index contributed by atoms with van der Waals surface area (Å²) >= 11 is 6.03. The second-order valence-electron chi connectivity index (χ2n) is 6.26. The van der Waals surface area contributed by atoms with Crippen LogP contribution in [0.2, 0.25) is 5.02 Å². The molecule has 0 unspecified atom stereocenters. The number of hydrogen-bond donors (Lipinski definition) is 1. The molecule has 2 aromatic rings. The molecule has 1 aliphatic rings. The third kappa shape index (κ3) is 4.33. The van der Waals surface area contributed by atoms with Crippen molar-refractivity contribution in [2.75, 3.05) is 19.0 Å². The number of methoxy groups -OCH3 is 1. The molecule has 3 atom stereocenters. The zero-order valence-electron chi connectivity index (χ0n) is 14.4. The second kappa shape index (κ2) is 8.49. The van der Waals surface area contributed by atoms with E-state index in [0.29, 0.717) is 17.3 Å². The van der Waals surface area contributed by atoms with Gasteiger partial charge in [0.25, 0.3) is 5.69 Å². The molecule has 1 fully saturated rings. The van der Waals surface area contributed by atoms with E-state index < -0.39 is 4.92 Å². The Labute approximate surface area is 157 Å². The molecule has 1 N–H and O–H groups in total. The Hall–Kier alpha value is -2.15. The summed E-state index contributed by atoms with van der Waals surface area (Å²) < 4.78 is 11.3. The van der Waals surface area contributed by atoms with Gasteiger partial charge in [0.2, 0.25) is 0 Å². The van der Waals surface area contributed by atoms with Crippen LogP contribution in [0.15, 0.2) is 48.5 Å². The molecular weight excluding hydrogens is 356 g/mol. The van der Waals surface area contributed by atoms with E-state index in [4.69, 9.17) is 21.1 Å². The lowest BCUT2D eigenvalue weighted by Crippen LogP contribution is -2.37. The SMILES string of the molecule is CO[C@@H]1OCCC[C@H]1[C@@H](Nc1cccc([N+](=O)[O-])c1)c1ccc(Cl)cc1. The Morgan fingerprint density at radius 1 is 1.31 bits per heavy atom.